The molecule has 20 heavy (non-hydrogen) atoms. The van der Waals surface area contributed by atoms with Crippen LogP contribution in [0.3, 0.4) is 0 Å². The van der Waals surface area contributed by atoms with Crippen molar-refractivity contribution in [2.45, 2.75) is 32.9 Å². The predicted molar refractivity (Wildman–Crippen MR) is 82.6 cm³/mol. The summed E-state index contributed by atoms with van der Waals surface area (Å²) < 4.78 is 0. The topological polar surface area (TPSA) is 56.3 Å². The van der Waals surface area contributed by atoms with E-state index in [0.29, 0.717) is 12.6 Å². The van der Waals surface area contributed by atoms with Crippen molar-refractivity contribution in [1.29, 1.82) is 5.26 Å². The van der Waals surface area contributed by atoms with Gasteiger partial charge in [-0.05, 0) is 31.0 Å². The Morgan fingerprint density at radius 2 is 2.00 bits per heavy atom. The molecule has 0 radical (unpaired) electrons. The van der Waals surface area contributed by atoms with Gasteiger partial charge in [0, 0.05) is 38.8 Å². The number of nitriles is 1. The van der Waals surface area contributed by atoms with Crippen LogP contribution in [-0.4, -0.2) is 37.1 Å². The Balaban J connectivity index is 2.09. The number of anilines is 1. The van der Waals surface area contributed by atoms with E-state index in [-0.39, 0.29) is 0 Å². The van der Waals surface area contributed by atoms with Gasteiger partial charge in [-0.1, -0.05) is 13.0 Å². The van der Waals surface area contributed by atoms with Crippen molar-refractivity contribution >= 4 is 5.69 Å². The molecule has 0 aromatic heterocycles. The molecule has 0 bridgehead atoms. The minimum absolute atomic E-state index is 0.483. The van der Waals surface area contributed by atoms with Crippen LogP contribution in [0.5, 0.6) is 0 Å². The van der Waals surface area contributed by atoms with Crippen molar-refractivity contribution in [3.05, 3.63) is 29.3 Å². The molecule has 0 saturated carbocycles. The third kappa shape index (κ3) is 3.12. The molecule has 1 aromatic carbocycles. The summed E-state index contributed by atoms with van der Waals surface area (Å²) in [5.41, 5.74) is 8.45. The molecular formula is C16H24N4. The van der Waals surface area contributed by atoms with Crippen molar-refractivity contribution in [2.24, 2.45) is 5.73 Å². The van der Waals surface area contributed by atoms with Crippen LogP contribution < -0.4 is 10.6 Å². The highest BCUT2D eigenvalue weighted by Crippen LogP contribution is 2.23. The smallest absolute Gasteiger partial charge is 0.101 e. The van der Waals surface area contributed by atoms with Crippen LogP contribution in [0.1, 0.15) is 31.4 Å². The number of hydrogen-bond donors (Lipinski definition) is 1. The first-order valence-corrected chi connectivity index (χ1v) is 7.41. The number of piperazine rings is 1. The summed E-state index contributed by atoms with van der Waals surface area (Å²) >= 11 is 0. The zero-order valence-electron chi connectivity index (χ0n) is 12.5. The van der Waals surface area contributed by atoms with Gasteiger partial charge < -0.3 is 10.6 Å². The number of benzene rings is 1. The van der Waals surface area contributed by atoms with Crippen molar-refractivity contribution < 1.29 is 0 Å². The van der Waals surface area contributed by atoms with Crippen molar-refractivity contribution in [3.8, 4) is 6.07 Å². The van der Waals surface area contributed by atoms with Gasteiger partial charge in [0.05, 0.1) is 11.3 Å². The van der Waals surface area contributed by atoms with E-state index in [1.807, 2.05) is 18.2 Å². The van der Waals surface area contributed by atoms with Crippen LogP contribution in [0.15, 0.2) is 18.2 Å². The van der Waals surface area contributed by atoms with Gasteiger partial charge in [-0.25, -0.2) is 0 Å². The van der Waals surface area contributed by atoms with E-state index in [1.54, 1.807) is 0 Å². The van der Waals surface area contributed by atoms with Crippen LogP contribution in [0, 0.1) is 11.3 Å². The molecule has 1 atom stereocenters. The first-order valence-electron chi connectivity index (χ1n) is 7.41. The lowest BCUT2D eigenvalue weighted by molar-refractivity contribution is 0.193. The quantitative estimate of drug-likeness (QED) is 0.910. The standard InChI is InChI=1S/C16H24N4/c1-3-13(2)19-6-8-20(9-7-19)16-5-4-14(11-17)10-15(16)12-18/h4-5,10,13H,3,6-9,11,17H2,1-2H3. The van der Waals surface area contributed by atoms with E-state index in [2.05, 4.69) is 29.7 Å². The normalized spacial score (nSPS) is 17.8. The number of hydrogen-bond acceptors (Lipinski definition) is 4. The molecule has 1 heterocycles. The molecular weight excluding hydrogens is 248 g/mol. The summed E-state index contributed by atoms with van der Waals surface area (Å²) in [6, 6.07) is 8.93. The van der Waals surface area contributed by atoms with Crippen LogP contribution in [0.2, 0.25) is 0 Å². The third-order valence-corrected chi connectivity index (χ3v) is 4.29. The van der Waals surface area contributed by atoms with E-state index in [9.17, 15) is 5.26 Å². The Kier molecular flexibility index (Phi) is 4.99. The van der Waals surface area contributed by atoms with Gasteiger partial charge in [0.15, 0.2) is 0 Å². The van der Waals surface area contributed by atoms with Gasteiger partial charge >= 0.3 is 0 Å². The van der Waals surface area contributed by atoms with Gasteiger partial charge in [-0.15, -0.1) is 0 Å². The Morgan fingerprint density at radius 1 is 1.30 bits per heavy atom. The zero-order chi connectivity index (χ0) is 14.5. The molecule has 108 valence electrons. The summed E-state index contributed by atoms with van der Waals surface area (Å²) in [5.74, 6) is 0. The largest absolute Gasteiger partial charge is 0.368 e. The highest BCUT2D eigenvalue weighted by Gasteiger charge is 2.21. The van der Waals surface area contributed by atoms with E-state index in [4.69, 9.17) is 5.73 Å². The second kappa shape index (κ2) is 6.74. The maximum atomic E-state index is 9.32. The van der Waals surface area contributed by atoms with Gasteiger partial charge in [0.2, 0.25) is 0 Å². The van der Waals surface area contributed by atoms with Gasteiger partial charge in [0.1, 0.15) is 6.07 Å². The van der Waals surface area contributed by atoms with Gasteiger partial charge in [-0.2, -0.15) is 5.26 Å². The first-order chi connectivity index (χ1) is 9.69. The fourth-order valence-corrected chi connectivity index (χ4v) is 2.74. The summed E-state index contributed by atoms with van der Waals surface area (Å²) in [4.78, 5) is 4.84. The molecule has 1 aromatic rings. The predicted octanol–water partition coefficient (Wildman–Crippen LogP) is 1.94. The zero-order valence-corrected chi connectivity index (χ0v) is 12.5. The van der Waals surface area contributed by atoms with Crippen LogP contribution >= 0.6 is 0 Å². The molecule has 0 spiro atoms. The van der Waals surface area contributed by atoms with E-state index in [0.717, 1.165) is 43.0 Å². The molecule has 1 aliphatic rings. The lowest BCUT2D eigenvalue weighted by atomic mass is 10.1. The fraction of sp³-hybridized carbons (Fsp3) is 0.562. The highest BCUT2D eigenvalue weighted by molar-refractivity contribution is 5.60. The lowest BCUT2D eigenvalue weighted by Crippen LogP contribution is -2.49. The van der Waals surface area contributed by atoms with Crippen molar-refractivity contribution in [1.82, 2.24) is 4.90 Å². The number of rotatable bonds is 4. The van der Waals surface area contributed by atoms with E-state index in [1.165, 1.54) is 6.42 Å². The Bertz CT molecular complexity index is 484. The highest BCUT2D eigenvalue weighted by atomic mass is 15.3. The van der Waals surface area contributed by atoms with E-state index < -0.39 is 0 Å². The molecule has 2 N–H and O–H groups in total. The Morgan fingerprint density at radius 3 is 2.55 bits per heavy atom. The summed E-state index contributed by atoms with van der Waals surface area (Å²) in [6.07, 6.45) is 1.19. The third-order valence-electron chi connectivity index (χ3n) is 4.29. The average molecular weight is 272 g/mol. The van der Waals surface area contributed by atoms with Crippen LogP contribution in [0.4, 0.5) is 5.69 Å². The molecule has 0 aliphatic carbocycles. The minimum atomic E-state index is 0.483. The van der Waals surface area contributed by atoms with Crippen LogP contribution in [-0.2, 0) is 6.54 Å². The summed E-state index contributed by atoms with van der Waals surface area (Å²) in [7, 11) is 0. The molecule has 0 amide bonds. The fourth-order valence-electron chi connectivity index (χ4n) is 2.74. The molecule has 2 rings (SSSR count). The maximum absolute atomic E-state index is 9.32. The maximum Gasteiger partial charge on any atom is 0.101 e. The molecule has 1 unspecified atom stereocenters. The molecule has 4 heteroatoms. The first kappa shape index (κ1) is 14.8. The van der Waals surface area contributed by atoms with Gasteiger partial charge in [0.25, 0.3) is 0 Å². The van der Waals surface area contributed by atoms with Gasteiger partial charge in [-0.3, -0.25) is 4.90 Å². The minimum Gasteiger partial charge on any atom is -0.368 e. The summed E-state index contributed by atoms with van der Waals surface area (Å²) in [6.45, 7) is 9.11. The Hall–Kier alpha value is -1.57. The lowest BCUT2D eigenvalue weighted by Gasteiger charge is -2.39. The average Bonchev–Trinajstić information content (AvgIpc) is 2.53. The molecule has 1 aliphatic heterocycles. The molecule has 1 fully saturated rings. The van der Waals surface area contributed by atoms with Crippen molar-refractivity contribution in [2.75, 3.05) is 31.1 Å². The second-order valence-corrected chi connectivity index (χ2v) is 5.45. The number of nitrogens with zero attached hydrogens (tertiary/aromatic N) is 3. The summed E-state index contributed by atoms with van der Waals surface area (Å²) in [5, 5.41) is 9.32. The second-order valence-electron chi connectivity index (χ2n) is 5.45. The van der Waals surface area contributed by atoms with Crippen molar-refractivity contribution in [3.63, 3.8) is 0 Å². The molecule has 4 nitrogen and oxygen atoms in total. The SMILES string of the molecule is CCC(C)N1CCN(c2ccc(CN)cc2C#N)CC1. The molecule has 1 saturated heterocycles. The van der Waals surface area contributed by atoms with E-state index >= 15 is 0 Å². The number of nitrogens with two attached hydrogens (primary N) is 1. The monoisotopic (exact) mass is 272 g/mol. The Labute approximate surface area is 121 Å². The van der Waals surface area contributed by atoms with Crippen LogP contribution in [0.25, 0.3) is 0 Å².